The minimum Gasteiger partial charge on any atom is -0.0677 e. The second-order valence-electron chi connectivity index (χ2n) is 6.43. The van der Waals surface area contributed by atoms with Crippen molar-refractivity contribution in [2.45, 2.75) is 50.9 Å². The molecule has 0 spiro atoms. The summed E-state index contributed by atoms with van der Waals surface area (Å²) in [6, 6.07) is 22.5. The molecule has 0 fully saturated rings. The number of rotatable bonds is 4. The topological polar surface area (TPSA) is 0 Å². The molecule has 0 atom stereocenters. The lowest BCUT2D eigenvalue weighted by molar-refractivity contribution is 0.907. The quantitative estimate of drug-likeness (QED) is 0.628. The van der Waals surface area contributed by atoms with Crippen LogP contribution in [0.2, 0.25) is 18.1 Å². The van der Waals surface area contributed by atoms with Gasteiger partial charge < -0.3 is 0 Å². The highest BCUT2D eigenvalue weighted by Gasteiger charge is 2.41. The van der Waals surface area contributed by atoms with Crippen LogP contribution in [-0.2, 0) is 6.42 Å². The maximum Gasteiger partial charge on any atom is 0.0657 e. The molecule has 110 valence electrons. The Morgan fingerprint density at radius 3 is 1.62 bits per heavy atom. The number of benzene rings is 2. The van der Waals surface area contributed by atoms with Crippen LogP contribution >= 0.6 is 0 Å². The van der Waals surface area contributed by atoms with Gasteiger partial charge in [0.05, 0.1) is 8.07 Å². The van der Waals surface area contributed by atoms with Crippen molar-refractivity contribution in [1.82, 2.24) is 0 Å². The average molecular weight is 295 g/mol. The summed E-state index contributed by atoms with van der Waals surface area (Å²) in [7, 11) is -1.32. The summed E-state index contributed by atoms with van der Waals surface area (Å²) in [6.07, 6.45) is 1.12. The molecule has 21 heavy (non-hydrogen) atoms. The van der Waals surface area contributed by atoms with Gasteiger partial charge in [-0.1, -0.05) is 87.4 Å². The van der Waals surface area contributed by atoms with Crippen LogP contribution in [0.1, 0.15) is 48.6 Å². The van der Waals surface area contributed by atoms with Crippen molar-refractivity contribution >= 4 is 8.07 Å². The van der Waals surface area contributed by atoms with Crippen molar-refractivity contribution in [1.29, 1.82) is 0 Å². The Bertz CT molecular complexity index is 571. The molecule has 0 unspecified atom stereocenters. The lowest BCUT2D eigenvalue weighted by Gasteiger charge is -2.42. The second-order valence-corrected chi connectivity index (χ2v) is 11.9. The Morgan fingerprint density at radius 1 is 0.762 bits per heavy atom. The molecule has 0 aromatic heterocycles. The van der Waals surface area contributed by atoms with Crippen molar-refractivity contribution < 1.29 is 0 Å². The van der Waals surface area contributed by atoms with Crippen LogP contribution < -0.4 is 0 Å². The standard InChI is InChI=1S/C20H26Si/c1-4-21(5-2,6-3)20-18-13-9-7-11-16(18)15-17-12-8-10-14-19(17)20/h7-14,20H,4-6,15H2,1-3H3. The third-order valence-electron chi connectivity index (χ3n) is 5.84. The molecule has 0 heterocycles. The SMILES string of the molecule is CC[Si](CC)(CC)C1c2ccccc2Cc2ccccc21. The van der Waals surface area contributed by atoms with Gasteiger partial charge in [-0.05, 0) is 28.7 Å². The van der Waals surface area contributed by atoms with E-state index in [4.69, 9.17) is 0 Å². The van der Waals surface area contributed by atoms with Gasteiger partial charge >= 0.3 is 0 Å². The van der Waals surface area contributed by atoms with Gasteiger partial charge in [0.1, 0.15) is 0 Å². The molecule has 0 nitrogen and oxygen atoms in total. The van der Waals surface area contributed by atoms with Crippen LogP contribution in [0.5, 0.6) is 0 Å². The van der Waals surface area contributed by atoms with E-state index < -0.39 is 8.07 Å². The fourth-order valence-corrected chi connectivity index (χ4v) is 8.96. The zero-order chi connectivity index (χ0) is 14.9. The summed E-state index contributed by atoms with van der Waals surface area (Å²) in [5.74, 6) is 0. The van der Waals surface area contributed by atoms with Gasteiger partial charge in [0.25, 0.3) is 0 Å². The van der Waals surface area contributed by atoms with Gasteiger partial charge in [-0.2, -0.15) is 0 Å². The Hall–Kier alpha value is -1.34. The van der Waals surface area contributed by atoms with E-state index in [-0.39, 0.29) is 0 Å². The molecule has 0 saturated carbocycles. The first-order valence-corrected chi connectivity index (χ1v) is 11.1. The summed E-state index contributed by atoms with van der Waals surface area (Å²) < 4.78 is 0. The van der Waals surface area contributed by atoms with Crippen molar-refractivity contribution in [2.75, 3.05) is 0 Å². The maximum absolute atomic E-state index is 2.43. The van der Waals surface area contributed by atoms with E-state index in [1.165, 1.54) is 18.1 Å². The normalized spacial score (nSPS) is 14.6. The molecule has 0 saturated heterocycles. The molecule has 1 aliphatic rings. The molecule has 3 rings (SSSR count). The van der Waals surface area contributed by atoms with E-state index in [1.807, 2.05) is 0 Å². The number of hydrogen-bond donors (Lipinski definition) is 0. The third-order valence-corrected chi connectivity index (χ3v) is 11.9. The molecule has 2 aromatic carbocycles. The third kappa shape index (κ3) is 2.28. The number of fused-ring (bicyclic) bond motifs is 2. The van der Waals surface area contributed by atoms with Gasteiger partial charge in [0.15, 0.2) is 0 Å². The largest absolute Gasteiger partial charge is 0.0677 e. The van der Waals surface area contributed by atoms with Gasteiger partial charge in [-0.25, -0.2) is 0 Å². The molecule has 2 aromatic rings. The molecule has 0 amide bonds. The smallest absolute Gasteiger partial charge is 0.0657 e. The van der Waals surface area contributed by atoms with Gasteiger partial charge in [-0.15, -0.1) is 0 Å². The highest BCUT2D eigenvalue weighted by atomic mass is 28.3. The van der Waals surface area contributed by atoms with E-state index >= 15 is 0 Å². The first-order valence-electron chi connectivity index (χ1n) is 8.41. The summed E-state index contributed by atoms with van der Waals surface area (Å²) in [6.45, 7) is 7.29. The van der Waals surface area contributed by atoms with Crippen molar-refractivity contribution in [3.63, 3.8) is 0 Å². The summed E-state index contributed by atoms with van der Waals surface area (Å²) in [5.41, 5.74) is 7.09. The Morgan fingerprint density at radius 2 is 1.19 bits per heavy atom. The van der Waals surface area contributed by atoms with Crippen LogP contribution in [0.25, 0.3) is 0 Å². The van der Waals surface area contributed by atoms with Crippen molar-refractivity contribution in [2.24, 2.45) is 0 Å². The Balaban J connectivity index is 2.23. The first-order chi connectivity index (χ1) is 10.3. The van der Waals surface area contributed by atoms with Crippen LogP contribution in [0.4, 0.5) is 0 Å². The van der Waals surface area contributed by atoms with Crippen LogP contribution in [0.15, 0.2) is 48.5 Å². The molecule has 1 aliphatic carbocycles. The average Bonchev–Trinajstić information content (AvgIpc) is 2.56. The minimum atomic E-state index is -1.32. The first kappa shape index (κ1) is 14.6. The molecule has 0 bridgehead atoms. The predicted octanol–water partition coefficient (Wildman–Crippen LogP) is 5.77. The zero-order valence-corrected chi connectivity index (χ0v) is 14.5. The van der Waals surface area contributed by atoms with Gasteiger partial charge in [-0.3, -0.25) is 0 Å². The van der Waals surface area contributed by atoms with E-state index in [9.17, 15) is 0 Å². The van der Waals surface area contributed by atoms with E-state index in [0.29, 0.717) is 5.54 Å². The molecule has 0 radical (unpaired) electrons. The van der Waals surface area contributed by atoms with Crippen LogP contribution in [-0.4, -0.2) is 8.07 Å². The van der Waals surface area contributed by atoms with E-state index in [2.05, 4.69) is 69.3 Å². The summed E-state index contributed by atoms with van der Waals surface area (Å²) in [5, 5.41) is 0. The van der Waals surface area contributed by atoms with Gasteiger partial charge in [0, 0.05) is 5.54 Å². The van der Waals surface area contributed by atoms with Crippen molar-refractivity contribution in [3.8, 4) is 0 Å². The maximum atomic E-state index is 2.43. The summed E-state index contributed by atoms with van der Waals surface area (Å²) in [4.78, 5) is 0. The van der Waals surface area contributed by atoms with E-state index in [0.717, 1.165) is 6.42 Å². The predicted molar refractivity (Wildman–Crippen MR) is 94.7 cm³/mol. The lowest BCUT2D eigenvalue weighted by Crippen LogP contribution is -2.42. The van der Waals surface area contributed by atoms with Gasteiger partial charge in [0.2, 0.25) is 0 Å². The molecule has 0 aliphatic heterocycles. The Kier molecular flexibility index (Phi) is 4.03. The lowest BCUT2D eigenvalue weighted by atomic mass is 9.85. The molecule has 1 heteroatoms. The fourth-order valence-electron chi connectivity index (χ4n) is 4.35. The highest BCUT2D eigenvalue weighted by molar-refractivity contribution is 6.81. The minimum absolute atomic E-state index is 0.693. The molecular formula is C20H26Si. The highest BCUT2D eigenvalue weighted by Crippen LogP contribution is 2.46. The summed E-state index contributed by atoms with van der Waals surface area (Å²) >= 11 is 0. The second kappa shape index (κ2) is 5.80. The van der Waals surface area contributed by atoms with Crippen LogP contribution in [0, 0.1) is 0 Å². The zero-order valence-electron chi connectivity index (χ0n) is 13.5. The molecular weight excluding hydrogens is 268 g/mol. The Labute approximate surface area is 130 Å². The van der Waals surface area contributed by atoms with Crippen LogP contribution in [0.3, 0.4) is 0 Å². The fraction of sp³-hybridized carbons (Fsp3) is 0.400. The monoisotopic (exact) mass is 294 g/mol. The van der Waals surface area contributed by atoms with E-state index in [1.54, 1.807) is 22.3 Å². The molecule has 0 N–H and O–H groups in total. The van der Waals surface area contributed by atoms with Crippen molar-refractivity contribution in [3.05, 3.63) is 70.8 Å². The number of hydrogen-bond acceptors (Lipinski definition) is 0.